The average Bonchev–Trinajstić information content (AvgIpc) is 2.88. The number of carbonyl (C=O) groups is 1. The lowest BCUT2D eigenvalue weighted by molar-refractivity contribution is 0.0999. The third-order valence-corrected chi connectivity index (χ3v) is 3.92. The zero-order valence-electron chi connectivity index (χ0n) is 11.4. The number of amides is 1. The number of carbonyl (C=O) groups excluding carboxylic acids is 1. The molecule has 2 heterocycles. The summed E-state index contributed by atoms with van der Waals surface area (Å²) >= 11 is 5.78. The van der Waals surface area contributed by atoms with E-state index in [0.29, 0.717) is 23.5 Å². The van der Waals surface area contributed by atoms with Gasteiger partial charge in [-0.1, -0.05) is 11.6 Å². The van der Waals surface area contributed by atoms with E-state index in [2.05, 4.69) is 10.4 Å². The molecule has 1 aromatic carbocycles. The molecule has 1 aliphatic heterocycles. The number of alkyl halides is 1. The zero-order valence-corrected chi connectivity index (χ0v) is 12.2. The quantitative estimate of drug-likeness (QED) is 0.904. The molecule has 0 radical (unpaired) electrons. The first kappa shape index (κ1) is 14.9. The van der Waals surface area contributed by atoms with Gasteiger partial charge in [0, 0.05) is 12.1 Å². The fraction of sp³-hybridized carbons (Fsp3) is 0.286. The Morgan fingerprint density at radius 2 is 2.32 bits per heavy atom. The predicted octanol–water partition coefficient (Wildman–Crippen LogP) is 1.88. The molecule has 3 rings (SSSR count). The summed E-state index contributed by atoms with van der Waals surface area (Å²) in [6.07, 6.45) is 0. The van der Waals surface area contributed by atoms with Gasteiger partial charge in [0.25, 0.3) is 5.91 Å². The molecule has 0 fully saturated rings. The molecule has 5 nitrogen and oxygen atoms in total. The Morgan fingerprint density at radius 1 is 1.55 bits per heavy atom. The normalized spacial score (nSPS) is 17.3. The van der Waals surface area contributed by atoms with Gasteiger partial charge in [-0.25, -0.2) is 8.78 Å². The Balaban J connectivity index is 2.13. The van der Waals surface area contributed by atoms with Gasteiger partial charge in [0.15, 0.2) is 0 Å². The number of rotatable bonds is 3. The topological polar surface area (TPSA) is 72.9 Å². The summed E-state index contributed by atoms with van der Waals surface area (Å²) in [5.74, 6) is -1.20. The third-order valence-electron chi connectivity index (χ3n) is 3.63. The lowest BCUT2D eigenvalue weighted by Gasteiger charge is -2.22. The maximum absolute atomic E-state index is 13.3. The Hall–Kier alpha value is -1.99. The van der Waals surface area contributed by atoms with Gasteiger partial charge < -0.3 is 11.1 Å². The highest BCUT2D eigenvalue weighted by Crippen LogP contribution is 2.29. The number of aromatic nitrogens is 2. The molecule has 0 bridgehead atoms. The first-order valence-corrected chi connectivity index (χ1v) is 7.03. The Kier molecular flexibility index (Phi) is 3.84. The van der Waals surface area contributed by atoms with Crippen LogP contribution in [0.2, 0.25) is 5.02 Å². The van der Waals surface area contributed by atoms with Gasteiger partial charge in [0.05, 0.1) is 28.9 Å². The van der Waals surface area contributed by atoms with E-state index < -0.39 is 18.4 Å². The minimum Gasteiger partial charge on any atom is -0.365 e. The highest BCUT2D eigenvalue weighted by atomic mass is 35.5. The summed E-state index contributed by atoms with van der Waals surface area (Å²) in [6.45, 7) is 0.0404. The highest BCUT2D eigenvalue weighted by molar-refractivity contribution is 6.31. The van der Waals surface area contributed by atoms with E-state index in [9.17, 15) is 13.6 Å². The monoisotopic (exact) mass is 326 g/mol. The van der Waals surface area contributed by atoms with E-state index in [-0.39, 0.29) is 23.2 Å². The highest BCUT2D eigenvalue weighted by Gasteiger charge is 2.28. The first-order valence-electron chi connectivity index (χ1n) is 6.65. The van der Waals surface area contributed by atoms with Gasteiger partial charge >= 0.3 is 0 Å². The van der Waals surface area contributed by atoms with Crippen LogP contribution >= 0.6 is 11.6 Å². The van der Waals surface area contributed by atoms with Crippen LogP contribution in [0.15, 0.2) is 18.2 Å². The molecule has 1 amide bonds. The number of hydrogen-bond acceptors (Lipinski definition) is 3. The molecule has 116 valence electrons. The van der Waals surface area contributed by atoms with Crippen LogP contribution in [0.3, 0.4) is 0 Å². The maximum Gasteiger partial charge on any atom is 0.252 e. The fourth-order valence-corrected chi connectivity index (χ4v) is 2.73. The zero-order chi connectivity index (χ0) is 15.9. The number of fused-ring (bicyclic) bond motifs is 1. The SMILES string of the molecule is NC(=O)c1c(-c2ccc(F)c(Cl)c2)nn2c1CNC(CF)C2. The van der Waals surface area contributed by atoms with Crippen molar-refractivity contribution in [3.63, 3.8) is 0 Å². The predicted molar refractivity (Wildman–Crippen MR) is 77.8 cm³/mol. The van der Waals surface area contributed by atoms with Crippen LogP contribution in [-0.4, -0.2) is 28.4 Å². The van der Waals surface area contributed by atoms with Gasteiger partial charge in [-0.05, 0) is 18.2 Å². The Morgan fingerprint density at radius 3 is 2.95 bits per heavy atom. The Bertz CT molecular complexity index is 747. The third kappa shape index (κ3) is 2.46. The molecular formula is C14H13ClF2N4O. The van der Waals surface area contributed by atoms with Gasteiger partial charge in [-0.3, -0.25) is 9.48 Å². The van der Waals surface area contributed by atoms with Crippen molar-refractivity contribution in [1.29, 1.82) is 0 Å². The lowest BCUT2D eigenvalue weighted by Crippen LogP contribution is -2.41. The van der Waals surface area contributed by atoms with Crippen molar-refractivity contribution < 1.29 is 13.6 Å². The molecular weight excluding hydrogens is 314 g/mol. The molecule has 2 aromatic rings. The van der Waals surface area contributed by atoms with Crippen molar-refractivity contribution in [1.82, 2.24) is 15.1 Å². The molecule has 1 atom stereocenters. The maximum atomic E-state index is 13.3. The van der Waals surface area contributed by atoms with Gasteiger partial charge in [0.1, 0.15) is 18.2 Å². The van der Waals surface area contributed by atoms with E-state index in [1.165, 1.54) is 18.2 Å². The van der Waals surface area contributed by atoms with Crippen LogP contribution in [0.4, 0.5) is 8.78 Å². The van der Waals surface area contributed by atoms with Crippen molar-refractivity contribution in [2.24, 2.45) is 5.73 Å². The van der Waals surface area contributed by atoms with Crippen molar-refractivity contribution in [2.45, 2.75) is 19.1 Å². The number of hydrogen-bond donors (Lipinski definition) is 2. The lowest BCUT2D eigenvalue weighted by atomic mass is 10.0. The second-order valence-electron chi connectivity index (χ2n) is 5.08. The van der Waals surface area contributed by atoms with Crippen LogP contribution in [-0.2, 0) is 13.1 Å². The fourth-order valence-electron chi connectivity index (χ4n) is 2.55. The van der Waals surface area contributed by atoms with Crippen LogP contribution in [0, 0.1) is 5.82 Å². The smallest absolute Gasteiger partial charge is 0.252 e. The number of halogens is 3. The largest absolute Gasteiger partial charge is 0.365 e. The van der Waals surface area contributed by atoms with Crippen molar-refractivity contribution >= 4 is 17.5 Å². The summed E-state index contributed by atoms with van der Waals surface area (Å²) in [7, 11) is 0. The molecule has 0 saturated carbocycles. The molecule has 1 aromatic heterocycles. The number of nitrogens with zero attached hydrogens (tertiary/aromatic N) is 2. The van der Waals surface area contributed by atoms with E-state index in [0.717, 1.165) is 0 Å². The van der Waals surface area contributed by atoms with E-state index in [4.69, 9.17) is 17.3 Å². The molecule has 8 heteroatoms. The molecule has 1 unspecified atom stereocenters. The summed E-state index contributed by atoms with van der Waals surface area (Å²) in [4.78, 5) is 11.8. The average molecular weight is 327 g/mol. The van der Waals surface area contributed by atoms with E-state index >= 15 is 0 Å². The summed E-state index contributed by atoms with van der Waals surface area (Å²) in [5.41, 5.74) is 7.10. The van der Waals surface area contributed by atoms with Crippen LogP contribution in [0.5, 0.6) is 0 Å². The second kappa shape index (κ2) is 5.66. The Labute approximate surface area is 130 Å². The van der Waals surface area contributed by atoms with Crippen LogP contribution in [0.1, 0.15) is 16.1 Å². The number of nitrogens with two attached hydrogens (primary N) is 1. The summed E-state index contributed by atoms with van der Waals surface area (Å²) < 4.78 is 27.7. The van der Waals surface area contributed by atoms with Gasteiger partial charge in [0.2, 0.25) is 0 Å². The van der Waals surface area contributed by atoms with Crippen LogP contribution in [0.25, 0.3) is 11.3 Å². The molecule has 0 saturated heterocycles. The minimum absolute atomic E-state index is 0.0707. The van der Waals surface area contributed by atoms with Gasteiger partial charge in [-0.15, -0.1) is 0 Å². The van der Waals surface area contributed by atoms with E-state index in [1.54, 1.807) is 4.68 Å². The number of nitrogens with one attached hydrogen (secondary N) is 1. The standard InChI is InChI=1S/C14H13ClF2N4O/c15-9-3-7(1-2-10(9)17)13-12(14(18)22)11-5-19-8(4-16)6-21(11)20-13/h1-3,8,19H,4-6H2,(H2,18,22). The first-order chi connectivity index (χ1) is 10.5. The molecule has 0 spiro atoms. The van der Waals surface area contributed by atoms with Crippen molar-refractivity contribution in [2.75, 3.05) is 6.67 Å². The van der Waals surface area contributed by atoms with Crippen LogP contribution < -0.4 is 11.1 Å². The molecule has 1 aliphatic rings. The van der Waals surface area contributed by atoms with Gasteiger partial charge in [-0.2, -0.15) is 5.10 Å². The molecule has 0 aliphatic carbocycles. The summed E-state index contributed by atoms with van der Waals surface area (Å²) in [5, 5.41) is 7.24. The second-order valence-corrected chi connectivity index (χ2v) is 5.48. The van der Waals surface area contributed by atoms with Crippen molar-refractivity contribution in [3.05, 3.63) is 40.3 Å². The molecule has 3 N–H and O–H groups in total. The number of primary amides is 1. The minimum atomic E-state index is -0.641. The van der Waals surface area contributed by atoms with E-state index in [1.807, 2.05) is 0 Å². The summed E-state index contributed by atoms with van der Waals surface area (Å²) in [6, 6.07) is 3.70. The number of benzene rings is 1. The molecule has 22 heavy (non-hydrogen) atoms. The van der Waals surface area contributed by atoms with Crippen molar-refractivity contribution in [3.8, 4) is 11.3 Å².